The number of aryl methyl sites for hydroxylation is 2. The number of anilines is 1. The topological polar surface area (TPSA) is 72.5 Å². The average molecular weight is 405 g/mol. The van der Waals surface area contributed by atoms with Crippen molar-refractivity contribution in [2.75, 3.05) is 11.9 Å². The number of Topliss-reactive ketones (excluding diaryl/α,β-unsaturated/α-hetero) is 1. The molecule has 0 radical (unpaired) electrons. The highest BCUT2D eigenvalue weighted by atomic mass is 16.5. The first-order valence-corrected chi connectivity index (χ1v) is 10.6. The zero-order valence-corrected chi connectivity index (χ0v) is 17.4. The molecule has 2 aromatic rings. The number of nitrogens with one attached hydrogen (secondary N) is 1. The van der Waals surface area contributed by atoms with E-state index in [-0.39, 0.29) is 36.1 Å². The molecule has 1 N–H and O–H groups in total. The van der Waals surface area contributed by atoms with Gasteiger partial charge in [0.1, 0.15) is 0 Å². The number of rotatable bonds is 6. The first-order valence-electron chi connectivity index (χ1n) is 10.6. The third kappa shape index (κ3) is 4.16. The van der Waals surface area contributed by atoms with Crippen molar-refractivity contribution >= 4 is 23.3 Å². The number of carbonyl (C=O) groups excluding carboxylic acids is 3. The van der Waals surface area contributed by atoms with Gasteiger partial charge in [-0.25, -0.2) is 0 Å². The molecular weight excluding hydrogens is 378 g/mol. The molecule has 2 saturated carbocycles. The van der Waals surface area contributed by atoms with Gasteiger partial charge in [0.05, 0.1) is 5.92 Å². The Hall–Kier alpha value is -2.95. The lowest BCUT2D eigenvalue weighted by Gasteiger charge is -2.28. The third-order valence-corrected chi connectivity index (χ3v) is 6.40. The third-order valence-electron chi connectivity index (χ3n) is 6.40. The van der Waals surface area contributed by atoms with E-state index >= 15 is 0 Å². The van der Waals surface area contributed by atoms with E-state index in [0.29, 0.717) is 11.3 Å². The van der Waals surface area contributed by atoms with E-state index < -0.39 is 11.9 Å². The van der Waals surface area contributed by atoms with E-state index in [1.165, 1.54) is 0 Å². The summed E-state index contributed by atoms with van der Waals surface area (Å²) in [5.74, 6) is -1.18. The first-order chi connectivity index (χ1) is 14.4. The van der Waals surface area contributed by atoms with E-state index in [9.17, 15) is 14.4 Å². The summed E-state index contributed by atoms with van der Waals surface area (Å²) in [4.78, 5) is 38.3. The Morgan fingerprint density at radius 3 is 2.23 bits per heavy atom. The fourth-order valence-corrected chi connectivity index (χ4v) is 5.28. The molecule has 2 bridgehead atoms. The number of amides is 1. The zero-order chi connectivity index (χ0) is 21.3. The molecule has 0 unspecified atom stereocenters. The van der Waals surface area contributed by atoms with E-state index in [0.717, 1.165) is 30.4 Å². The largest absolute Gasteiger partial charge is 0.455 e. The van der Waals surface area contributed by atoms with E-state index in [1.807, 2.05) is 50.2 Å². The number of benzene rings is 2. The van der Waals surface area contributed by atoms with E-state index in [2.05, 4.69) is 5.32 Å². The van der Waals surface area contributed by atoms with Gasteiger partial charge in [-0.1, -0.05) is 36.4 Å². The van der Waals surface area contributed by atoms with Gasteiger partial charge in [-0.05, 0) is 68.2 Å². The van der Waals surface area contributed by atoms with Gasteiger partial charge >= 0.3 is 5.97 Å². The van der Waals surface area contributed by atoms with Gasteiger partial charge in [0, 0.05) is 17.2 Å². The summed E-state index contributed by atoms with van der Waals surface area (Å²) < 4.78 is 5.39. The van der Waals surface area contributed by atoms with Crippen LogP contribution in [0.25, 0.3) is 0 Å². The molecule has 1 amide bonds. The van der Waals surface area contributed by atoms with Crippen LogP contribution < -0.4 is 5.32 Å². The highest BCUT2D eigenvalue weighted by Gasteiger charge is 2.54. The molecule has 2 aliphatic carbocycles. The Labute approximate surface area is 176 Å². The number of ether oxygens (including phenoxy) is 1. The first kappa shape index (κ1) is 20.3. The van der Waals surface area contributed by atoms with Crippen LogP contribution >= 0.6 is 0 Å². The molecule has 0 heterocycles. The summed E-state index contributed by atoms with van der Waals surface area (Å²) >= 11 is 0. The quantitative estimate of drug-likeness (QED) is 0.573. The minimum absolute atomic E-state index is 0.0180. The molecule has 0 saturated heterocycles. The Morgan fingerprint density at radius 1 is 0.933 bits per heavy atom. The Bertz CT molecular complexity index is 948. The van der Waals surface area contributed by atoms with Crippen molar-refractivity contribution in [3.05, 3.63) is 65.2 Å². The summed E-state index contributed by atoms with van der Waals surface area (Å²) in [6.07, 6.45) is 2.81. The second-order valence-corrected chi connectivity index (χ2v) is 8.65. The molecule has 2 aliphatic rings. The molecule has 0 aliphatic heterocycles. The van der Waals surface area contributed by atoms with Crippen LogP contribution in [0.2, 0.25) is 0 Å². The summed E-state index contributed by atoms with van der Waals surface area (Å²) in [5.41, 5.74) is 3.42. The zero-order valence-electron chi connectivity index (χ0n) is 17.4. The van der Waals surface area contributed by atoms with Gasteiger partial charge in [-0.15, -0.1) is 0 Å². The van der Waals surface area contributed by atoms with Crippen LogP contribution in [0.5, 0.6) is 0 Å². The van der Waals surface area contributed by atoms with Crippen molar-refractivity contribution in [2.24, 2.45) is 23.7 Å². The number of fused-ring (bicyclic) bond motifs is 2. The number of esters is 1. The van der Waals surface area contributed by atoms with Gasteiger partial charge in [-0.2, -0.15) is 0 Å². The van der Waals surface area contributed by atoms with Crippen LogP contribution in [0, 0.1) is 37.5 Å². The van der Waals surface area contributed by atoms with Crippen molar-refractivity contribution in [1.29, 1.82) is 0 Å². The van der Waals surface area contributed by atoms with Gasteiger partial charge < -0.3 is 10.1 Å². The predicted molar refractivity (Wildman–Crippen MR) is 114 cm³/mol. The van der Waals surface area contributed by atoms with E-state index in [4.69, 9.17) is 4.74 Å². The lowest BCUT2D eigenvalue weighted by Crippen LogP contribution is -2.37. The fourth-order valence-electron chi connectivity index (χ4n) is 5.28. The maximum atomic E-state index is 13.1. The molecule has 0 spiro atoms. The molecule has 4 atom stereocenters. The Kier molecular flexibility index (Phi) is 5.71. The van der Waals surface area contributed by atoms with Gasteiger partial charge in [0.2, 0.25) is 0 Å². The van der Waals surface area contributed by atoms with Crippen molar-refractivity contribution in [1.82, 2.24) is 0 Å². The Morgan fingerprint density at radius 2 is 1.57 bits per heavy atom. The number of hydrogen-bond acceptors (Lipinski definition) is 4. The minimum Gasteiger partial charge on any atom is -0.455 e. The van der Waals surface area contributed by atoms with Crippen LogP contribution in [0.1, 0.15) is 40.7 Å². The van der Waals surface area contributed by atoms with Gasteiger partial charge in [0.15, 0.2) is 12.4 Å². The second kappa shape index (κ2) is 8.42. The van der Waals surface area contributed by atoms with Crippen molar-refractivity contribution in [2.45, 2.75) is 33.1 Å². The minimum atomic E-state index is -0.453. The lowest BCUT2D eigenvalue weighted by molar-refractivity contribution is -0.154. The second-order valence-electron chi connectivity index (χ2n) is 8.65. The van der Waals surface area contributed by atoms with Crippen molar-refractivity contribution in [3.63, 3.8) is 0 Å². The molecule has 2 fully saturated rings. The molecule has 0 aromatic heterocycles. The highest BCUT2D eigenvalue weighted by Crippen LogP contribution is 2.53. The number of ketones is 1. The van der Waals surface area contributed by atoms with Crippen molar-refractivity contribution < 1.29 is 19.1 Å². The maximum absolute atomic E-state index is 13.1. The summed E-state index contributed by atoms with van der Waals surface area (Å²) in [6, 6.07) is 14.9. The van der Waals surface area contributed by atoms with Crippen LogP contribution in [0.3, 0.4) is 0 Å². The maximum Gasteiger partial charge on any atom is 0.310 e. The monoisotopic (exact) mass is 405 g/mol. The highest BCUT2D eigenvalue weighted by molar-refractivity contribution is 6.01. The predicted octanol–water partition coefficient (Wildman–Crippen LogP) is 4.33. The van der Waals surface area contributed by atoms with Crippen molar-refractivity contribution in [3.8, 4) is 0 Å². The summed E-state index contributed by atoms with van der Waals surface area (Å²) in [5, 5.41) is 2.78. The number of carbonyl (C=O) groups is 3. The summed E-state index contributed by atoms with van der Waals surface area (Å²) in [7, 11) is 0. The SMILES string of the molecule is Cc1cc(C)cc(NC(=O)COC(=O)[C@H]2[C@@H]3CC[C@@H](C3)[C@@H]2C(=O)c2ccccc2)c1. The molecule has 30 heavy (non-hydrogen) atoms. The molecule has 2 aromatic carbocycles. The van der Waals surface area contributed by atoms with Crippen LogP contribution in [0.4, 0.5) is 5.69 Å². The smallest absolute Gasteiger partial charge is 0.310 e. The molecule has 5 nitrogen and oxygen atoms in total. The van der Waals surface area contributed by atoms with Crippen LogP contribution in [-0.2, 0) is 14.3 Å². The normalized spacial score (nSPS) is 24.5. The number of hydrogen-bond donors (Lipinski definition) is 1. The molecule has 5 heteroatoms. The Balaban J connectivity index is 1.40. The van der Waals surface area contributed by atoms with E-state index in [1.54, 1.807) is 12.1 Å². The molecule has 156 valence electrons. The fraction of sp³-hybridized carbons (Fsp3) is 0.400. The van der Waals surface area contributed by atoms with Gasteiger partial charge in [0.25, 0.3) is 5.91 Å². The lowest BCUT2D eigenvalue weighted by atomic mass is 9.75. The van der Waals surface area contributed by atoms with Gasteiger partial charge in [-0.3, -0.25) is 14.4 Å². The van der Waals surface area contributed by atoms with Crippen LogP contribution in [-0.4, -0.2) is 24.3 Å². The standard InChI is InChI=1S/C25H27NO4/c1-15-10-16(2)12-20(11-15)26-21(27)14-30-25(29)23-19-9-8-18(13-19)22(23)24(28)17-6-4-3-5-7-17/h3-7,10-12,18-19,22-23H,8-9,13-14H2,1-2H3,(H,26,27)/t18-,19+,22-,23-/m0/s1. The average Bonchev–Trinajstić information content (AvgIpc) is 3.33. The van der Waals surface area contributed by atoms with Crippen LogP contribution in [0.15, 0.2) is 48.5 Å². The molecule has 4 rings (SSSR count). The summed E-state index contributed by atoms with van der Waals surface area (Å²) in [6.45, 7) is 3.58. The molecular formula is C25H27NO4.